The van der Waals surface area contributed by atoms with E-state index in [1.807, 2.05) is 43.3 Å². The third-order valence-electron chi connectivity index (χ3n) is 5.63. The summed E-state index contributed by atoms with van der Waals surface area (Å²) >= 11 is 6.10. The lowest BCUT2D eigenvalue weighted by Gasteiger charge is -2.24. The fraction of sp³-hybridized carbons (Fsp3) is 0.222. The number of halogens is 2. The minimum Gasteiger partial charge on any atom is -0.384 e. The van der Waals surface area contributed by atoms with Gasteiger partial charge in [-0.25, -0.2) is 4.39 Å². The van der Waals surface area contributed by atoms with Crippen LogP contribution in [0.25, 0.3) is 10.9 Å². The molecule has 164 valence electrons. The SMILES string of the molecule is Cc1ccc(F)cc1CN(CCCNc1ccnc2cc(Cl)ccc12)Cc1ccccc1. The van der Waals surface area contributed by atoms with E-state index in [1.54, 1.807) is 12.3 Å². The summed E-state index contributed by atoms with van der Waals surface area (Å²) in [7, 11) is 0. The first kappa shape index (κ1) is 22.3. The van der Waals surface area contributed by atoms with E-state index in [-0.39, 0.29) is 5.82 Å². The molecule has 0 fully saturated rings. The number of benzene rings is 3. The van der Waals surface area contributed by atoms with Gasteiger partial charge in [-0.2, -0.15) is 0 Å². The third-order valence-corrected chi connectivity index (χ3v) is 5.86. The van der Waals surface area contributed by atoms with Crippen molar-refractivity contribution in [3.63, 3.8) is 0 Å². The maximum absolute atomic E-state index is 13.8. The number of nitrogens with zero attached hydrogens (tertiary/aromatic N) is 2. The number of anilines is 1. The van der Waals surface area contributed by atoms with E-state index in [0.717, 1.165) is 60.3 Å². The van der Waals surface area contributed by atoms with Crippen molar-refractivity contribution in [2.75, 3.05) is 18.4 Å². The molecule has 4 aromatic rings. The van der Waals surface area contributed by atoms with Crippen LogP contribution in [-0.4, -0.2) is 23.0 Å². The lowest BCUT2D eigenvalue weighted by molar-refractivity contribution is 0.255. The van der Waals surface area contributed by atoms with Gasteiger partial charge in [0.15, 0.2) is 0 Å². The fourth-order valence-corrected chi connectivity index (χ4v) is 4.07. The highest BCUT2D eigenvalue weighted by Crippen LogP contribution is 2.24. The largest absolute Gasteiger partial charge is 0.384 e. The molecule has 1 aromatic heterocycles. The minimum atomic E-state index is -0.184. The summed E-state index contributed by atoms with van der Waals surface area (Å²) in [5.41, 5.74) is 5.35. The minimum absolute atomic E-state index is 0.184. The highest BCUT2D eigenvalue weighted by Gasteiger charge is 2.10. The van der Waals surface area contributed by atoms with Gasteiger partial charge in [0, 0.05) is 48.5 Å². The Morgan fingerprint density at radius 2 is 1.81 bits per heavy atom. The van der Waals surface area contributed by atoms with Crippen LogP contribution < -0.4 is 5.32 Å². The number of hydrogen-bond acceptors (Lipinski definition) is 3. The number of fused-ring (bicyclic) bond motifs is 1. The van der Waals surface area contributed by atoms with E-state index >= 15 is 0 Å². The second kappa shape index (κ2) is 10.6. The Morgan fingerprint density at radius 3 is 2.66 bits per heavy atom. The zero-order valence-electron chi connectivity index (χ0n) is 18.2. The average molecular weight is 448 g/mol. The van der Waals surface area contributed by atoms with Crippen LogP contribution in [0.15, 0.2) is 79.0 Å². The smallest absolute Gasteiger partial charge is 0.123 e. The molecule has 0 radical (unpaired) electrons. The second-order valence-corrected chi connectivity index (χ2v) is 8.50. The number of pyridine rings is 1. The van der Waals surface area contributed by atoms with E-state index in [1.165, 1.54) is 11.6 Å². The van der Waals surface area contributed by atoms with Crippen molar-refractivity contribution in [3.05, 3.63) is 107 Å². The van der Waals surface area contributed by atoms with Crippen LogP contribution in [0.2, 0.25) is 5.02 Å². The first-order valence-electron chi connectivity index (χ1n) is 10.9. The molecule has 0 spiro atoms. The van der Waals surface area contributed by atoms with Crippen molar-refractivity contribution in [2.24, 2.45) is 0 Å². The van der Waals surface area contributed by atoms with Crippen LogP contribution in [0.3, 0.4) is 0 Å². The Labute approximate surface area is 193 Å². The molecule has 0 aliphatic heterocycles. The highest BCUT2D eigenvalue weighted by atomic mass is 35.5. The standard InChI is InChI=1S/C27H27ClFN3/c1-20-8-10-24(29)16-22(20)19-32(18-21-6-3-2-4-7-21)15-5-13-30-26-12-14-31-27-17-23(28)9-11-25(26)27/h2-4,6-12,14,16-17H,5,13,15,18-19H2,1H3,(H,30,31). The van der Waals surface area contributed by atoms with Crippen molar-refractivity contribution in [3.8, 4) is 0 Å². The van der Waals surface area contributed by atoms with Crippen LogP contribution in [0.1, 0.15) is 23.1 Å². The zero-order chi connectivity index (χ0) is 22.3. The quantitative estimate of drug-likeness (QED) is 0.285. The first-order chi connectivity index (χ1) is 15.6. The van der Waals surface area contributed by atoms with Gasteiger partial charge >= 0.3 is 0 Å². The molecule has 0 amide bonds. The first-order valence-corrected chi connectivity index (χ1v) is 11.3. The lowest BCUT2D eigenvalue weighted by Crippen LogP contribution is -2.26. The molecule has 0 bridgehead atoms. The maximum Gasteiger partial charge on any atom is 0.123 e. The number of nitrogens with one attached hydrogen (secondary N) is 1. The Hall–Kier alpha value is -2.95. The normalized spacial score (nSPS) is 11.2. The second-order valence-electron chi connectivity index (χ2n) is 8.07. The summed E-state index contributed by atoms with van der Waals surface area (Å²) in [6.07, 6.45) is 2.76. The van der Waals surface area contributed by atoms with Crippen LogP contribution in [0, 0.1) is 12.7 Å². The van der Waals surface area contributed by atoms with E-state index in [2.05, 4.69) is 39.5 Å². The number of aryl methyl sites for hydroxylation is 1. The Bertz CT molecular complexity index is 1180. The summed E-state index contributed by atoms with van der Waals surface area (Å²) in [4.78, 5) is 6.78. The molecule has 0 aliphatic carbocycles. The molecule has 3 aromatic carbocycles. The molecule has 3 nitrogen and oxygen atoms in total. The molecule has 1 N–H and O–H groups in total. The molecule has 0 atom stereocenters. The molecule has 32 heavy (non-hydrogen) atoms. The van der Waals surface area contributed by atoms with Crippen molar-refractivity contribution < 1.29 is 4.39 Å². The van der Waals surface area contributed by atoms with Gasteiger partial charge in [0.05, 0.1) is 5.52 Å². The Balaban J connectivity index is 1.41. The molecule has 4 rings (SSSR count). The summed E-state index contributed by atoms with van der Waals surface area (Å²) in [5.74, 6) is -0.184. The van der Waals surface area contributed by atoms with Crippen molar-refractivity contribution in [1.29, 1.82) is 0 Å². The van der Waals surface area contributed by atoms with Crippen molar-refractivity contribution in [1.82, 2.24) is 9.88 Å². The van der Waals surface area contributed by atoms with Crippen molar-refractivity contribution >= 4 is 28.2 Å². The fourth-order valence-electron chi connectivity index (χ4n) is 3.91. The molecule has 0 saturated heterocycles. The van der Waals surface area contributed by atoms with Gasteiger partial charge in [-0.1, -0.05) is 48.0 Å². The van der Waals surface area contributed by atoms with Gasteiger partial charge in [-0.05, 0) is 66.4 Å². The van der Waals surface area contributed by atoms with Crippen LogP contribution >= 0.6 is 11.6 Å². The lowest BCUT2D eigenvalue weighted by atomic mass is 10.1. The molecule has 1 heterocycles. The van der Waals surface area contributed by atoms with E-state index in [9.17, 15) is 4.39 Å². The molecule has 0 aliphatic rings. The van der Waals surface area contributed by atoms with E-state index < -0.39 is 0 Å². The Kier molecular flexibility index (Phi) is 7.35. The van der Waals surface area contributed by atoms with Gasteiger partial charge in [0.2, 0.25) is 0 Å². The topological polar surface area (TPSA) is 28.2 Å². The summed E-state index contributed by atoms with van der Waals surface area (Å²) in [6.45, 7) is 5.31. The summed E-state index contributed by atoms with van der Waals surface area (Å²) < 4.78 is 13.8. The Morgan fingerprint density at radius 1 is 0.969 bits per heavy atom. The third kappa shape index (κ3) is 5.84. The number of aromatic nitrogens is 1. The zero-order valence-corrected chi connectivity index (χ0v) is 18.9. The van der Waals surface area contributed by atoms with Crippen LogP contribution in [0.5, 0.6) is 0 Å². The average Bonchev–Trinajstić information content (AvgIpc) is 2.79. The molecule has 0 unspecified atom stereocenters. The van der Waals surface area contributed by atoms with Crippen molar-refractivity contribution in [2.45, 2.75) is 26.4 Å². The van der Waals surface area contributed by atoms with Gasteiger partial charge in [0.25, 0.3) is 0 Å². The molecule has 5 heteroatoms. The predicted octanol–water partition coefficient (Wildman–Crippen LogP) is 6.84. The van der Waals surface area contributed by atoms with E-state index in [4.69, 9.17) is 11.6 Å². The van der Waals surface area contributed by atoms with E-state index in [0.29, 0.717) is 5.02 Å². The molecular weight excluding hydrogens is 421 g/mol. The maximum atomic E-state index is 13.8. The van der Waals surface area contributed by atoms with Gasteiger partial charge in [0.1, 0.15) is 5.82 Å². The van der Waals surface area contributed by atoms with Gasteiger partial charge < -0.3 is 5.32 Å². The van der Waals surface area contributed by atoms with Gasteiger partial charge in [-0.3, -0.25) is 9.88 Å². The van der Waals surface area contributed by atoms with Crippen LogP contribution in [-0.2, 0) is 13.1 Å². The molecule has 0 saturated carbocycles. The highest BCUT2D eigenvalue weighted by molar-refractivity contribution is 6.31. The van der Waals surface area contributed by atoms with Gasteiger partial charge in [-0.15, -0.1) is 0 Å². The number of rotatable bonds is 9. The van der Waals surface area contributed by atoms with Crippen LogP contribution in [0.4, 0.5) is 10.1 Å². The summed E-state index contributed by atoms with van der Waals surface area (Å²) in [6, 6.07) is 23.2. The monoisotopic (exact) mass is 447 g/mol. The molecular formula is C27H27ClFN3. The number of hydrogen-bond donors (Lipinski definition) is 1. The summed E-state index contributed by atoms with van der Waals surface area (Å²) in [5, 5.41) is 5.29. The predicted molar refractivity (Wildman–Crippen MR) is 132 cm³/mol.